The first-order chi connectivity index (χ1) is 21.9. The molecule has 10 heteroatoms. The quantitative estimate of drug-likeness (QED) is 0.129. The lowest BCUT2D eigenvalue weighted by atomic mass is 9.94. The molecule has 0 aliphatic heterocycles. The van der Waals surface area contributed by atoms with Crippen molar-refractivity contribution in [1.29, 1.82) is 0 Å². The van der Waals surface area contributed by atoms with Gasteiger partial charge in [0.05, 0.1) is 31.8 Å². The molecular formula is C36H38F2N2O6. The van der Waals surface area contributed by atoms with E-state index in [0.29, 0.717) is 33.7 Å². The third-order valence-corrected chi connectivity index (χ3v) is 7.60. The second-order valence-electron chi connectivity index (χ2n) is 11.3. The number of carboxylic acids is 1. The van der Waals surface area contributed by atoms with Gasteiger partial charge in [0.1, 0.15) is 23.1 Å². The molecule has 0 saturated heterocycles. The van der Waals surface area contributed by atoms with Crippen molar-refractivity contribution in [1.82, 2.24) is 9.88 Å². The lowest BCUT2D eigenvalue weighted by Crippen LogP contribution is -2.29. The first-order valence-electron chi connectivity index (χ1n) is 14.9. The topological polar surface area (TPSA) is 121 Å². The number of aliphatic carboxylic acids is 1. The Hall–Kier alpha value is -4.80. The average molecular weight is 633 g/mol. The molecule has 46 heavy (non-hydrogen) atoms. The van der Waals surface area contributed by atoms with Gasteiger partial charge in [-0.05, 0) is 79.9 Å². The highest BCUT2D eigenvalue weighted by molar-refractivity contribution is 6.06. The number of aromatic nitrogens is 1. The number of amides is 1. The minimum absolute atomic E-state index is 0.228. The van der Waals surface area contributed by atoms with E-state index in [2.05, 4.69) is 5.32 Å². The molecule has 1 heterocycles. The maximum atomic E-state index is 14.3. The molecule has 0 bridgehead atoms. The zero-order chi connectivity index (χ0) is 33.5. The molecule has 0 radical (unpaired) electrons. The van der Waals surface area contributed by atoms with Crippen LogP contribution in [0.3, 0.4) is 0 Å². The molecule has 3 aromatic carbocycles. The van der Waals surface area contributed by atoms with E-state index in [1.807, 2.05) is 32.9 Å². The van der Waals surface area contributed by atoms with Crippen molar-refractivity contribution in [3.8, 4) is 28.0 Å². The summed E-state index contributed by atoms with van der Waals surface area (Å²) in [6, 6.07) is 18.0. The largest absolute Gasteiger partial charge is 0.497 e. The van der Waals surface area contributed by atoms with Crippen LogP contribution in [-0.2, 0) is 4.79 Å². The summed E-state index contributed by atoms with van der Waals surface area (Å²) in [7, 11) is 1.57. The Bertz CT molecular complexity index is 1680. The molecular weight excluding hydrogens is 594 g/mol. The van der Waals surface area contributed by atoms with Gasteiger partial charge in [-0.2, -0.15) is 0 Å². The molecule has 4 aromatic rings. The van der Waals surface area contributed by atoms with Crippen LogP contribution in [0.2, 0.25) is 0 Å². The molecule has 0 spiro atoms. The third kappa shape index (κ3) is 8.07. The Balaban J connectivity index is 1.93. The molecule has 242 valence electrons. The normalized spacial score (nSPS) is 13.5. The van der Waals surface area contributed by atoms with Crippen molar-refractivity contribution in [3.63, 3.8) is 0 Å². The van der Waals surface area contributed by atoms with E-state index in [0.717, 1.165) is 5.56 Å². The lowest BCUT2D eigenvalue weighted by Gasteiger charge is -2.20. The van der Waals surface area contributed by atoms with Crippen molar-refractivity contribution in [2.45, 2.75) is 57.9 Å². The number of nitrogens with zero attached hydrogens (tertiary/aromatic N) is 1. The van der Waals surface area contributed by atoms with Gasteiger partial charge < -0.3 is 29.9 Å². The standard InChI is InChI=1S/C36H38F2N2O6/c1-21(2)40-31(18-15-28(41)19-29(42)20-32(43)44)33(24-5-11-26(37)12-6-24)34(25-7-13-27(38)14-8-25)35(40)36(45)39-22(3)23-9-16-30(46-4)17-10-23/h5-18,21-22,28-29,41-42H,19-20H2,1-4H3,(H,39,45)(H,43,44)/t22-,28+,29+/m0/s1. The highest BCUT2D eigenvalue weighted by atomic mass is 19.1. The Morgan fingerprint density at radius 2 is 1.41 bits per heavy atom. The molecule has 8 nitrogen and oxygen atoms in total. The van der Waals surface area contributed by atoms with E-state index in [1.165, 1.54) is 30.3 Å². The zero-order valence-corrected chi connectivity index (χ0v) is 26.1. The molecule has 1 aromatic heterocycles. The number of hydrogen-bond donors (Lipinski definition) is 4. The van der Waals surface area contributed by atoms with Crippen LogP contribution in [0, 0.1) is 11.6 Å². The third-order valence-electron chi connectivity index (χ3n) is 7.60. The average Bonchev–Trinajstić information content (AvgIpc) is 3.36. The minimum atomic E-state index is -1.28. The number of halogens is 2. The smallest absolute Gasteiger partial charge is 0.305 e. The van der Waals surface area contributed by atoms with Crippen molar-refractivity contribution in [2.75, 3.05) is 7.11 Å². The summed E-state index contributed by atoms with van der Waals surface area (Å²) in [5.74, 6) is -1.86. The summed E-state index contributed by atoms with van der Waals surface area (Å²) < 4.78 is 35.3. The van der Waals surface area contributed by atoms with Crippen molar-refractivity contribution >= 4 is 18.0 Å². The highest BCUT2D eigenvalue weighted by Gasteiger charge is 2.30. The maximum Gasteiger partial charge on any atom is 0.305 e. The van der Waals surface area contributed by atoms with Crippen LogP contribution < -0.4 is 10.1 Å². The van der Waals surface area contributed by atoms with Crippen molar-refractivity contribution in [2.24, 2.45) is 0 Å². The van der Waals surface area contributed by atoms with E-state index in [9.17, 15) is 28.6 Å². The van der Waals surface area contributed by atoms with Crippen LogP contribution in [0.1, 0.15) is 67.4 Å². The number of carbonyl (C=O) groups is 2. The fourth-order valence-electron chi connectivity index (χ4n) is 5.42. The lowest BCUT2D eigenvalue weighted by molar-refractivity contribution is -0.139. The summed E-state index contributed by atoms with van der Waals surface area (Å²) in [6.45, 7) is 5.62. The number of carbonyl (C=O) groups excluding carboxylic acids is 1. The fourth-order valence-corrected chi connectivity index (χ4v) is 5.42. The molecule has 1 amide bonds. The van der Waals surface area contributed by atoms with E-state index < -0.39 is 48.2 Å². The first-order valence-corrected chi connectivity index (χ1v) is 14.9. The number of rotatable bonds is 13. The fraction of sp³-hybridized carbons (Fsp3) is 0.278. The molecule has 0 aliphatic carbocycles. The van der Waals surface area contributed by atoms with Crippen LogP contribution >= 0.6 is 0 Å². The number of carboxylic acid groups (broad SMARTS) is 1. The predicted octanol–water partition coefficient (Wildman–Crippen LogP) is 6.78. The van der Waals surface area contributed by atoms with E-state index in [-0.39, 0.29) is 18.2 Å². The van der Waals surface area contributed by atoms with Gasteiger partial charge >= 0.3 is 5.97 Å². The van der Waals surface area contributed by atoms with Gasteiger partial charge in [0.15, 0.2) is 0 Å². The first kappa shape index (κ1) is 34.1. The molecule has 0 fully saturated rings. The molecule has 0 saturated carbocycles. The van der Waals surface area contributed by atoms with Gasteiger partial charge in [-0.1, -0.05) is 42.5 Å². The van der Waals surface area contributed by atoms with Crippen LogP contribution in [0.5, 0.6) is 5.75 Å². The summed E-state index contributed by atoms with van der Waals surface area (Å²) in [6.07, 6.45) is -0.224. The van der Waals surface area contributed by atoms with Gasteiger partial charge in [-0.25, -0.2) is 8.78 Å². The van der Waals surface area contributed by atoms with Gasteiger partial charge in [0, 0.05) is 29.3 Å². The Labute approximate surface area is 266 Å². The van der Waals surface area contributed by atoms with E-state index in [4.69, 9.17) is 9.84 Å². The number of ether oxygens (including phenoxy) is 1. The molecule has 0 aliphatic rings. The van der Waals surface area contributed by atoms with E-state index in [1.54, 1.807) is 54.2 Å². The highest BCUT2D eigenvalue weighted by Crippen LogP contribution is 2.43. The number of methoxy groups -OCH3 is 1. The number of aliphatic hydroxyl groups is 2. The zero-order valence-electron chi connectivity index (χ0n) is 26.1. The monoisotopic (exact) mass is 632 g/mol. The Kier molecular flexibility index (Phi) is 11.1. The number of hydrogen-bond acceptors (Lipinski definition) is 5. The molecule has 4 rings (SSSR count). The van der Waals surface area contributed by atoms with Crippen LogP contribution in [-0.4, -0.2) is 51.1 Å². The van der Waals surface area contributed by atoms with Crippen molar-refractivity contribution in [3.05, 3.63) is 107 Å². The summed E-state index contributed by atoms with van der Waals surface area (Å²) in [4.78, 5) is 25.3. The summed E-state index contributed by atoms with van der Waals surface area (Å²) in [5, 5.41) is 32.9. The van der Waals surface area contributed by atoms with Gasteiger partial charge in [0.2, 0.25) is 0 Å². The number of aliphatic hydroxyl groups excluding tert-OH is 2. The molecule has 0 unspecified atom stereocenters. The maximum absolute atomic E-state index is 14.3. The predicted molar refractivity (Wildman–Crippen MR) is 172 cm³/mol. The van der Waals surface area contributed by atoms with Crippen LogP contribution in [0.25, 0.3) is 28.3 Å². The SMILES string of the molecule is COc1ccc([C@H](C)NC(=O)c2c(-c3ccc(F)cc3)c(-c3ccc(F)cc3)c(C=C[C@@H](O)C[C@@H](O)CC(=O)O)n2C(C)C)cc1. The van der Waals surface area contributed by atoms with Gasteiger partial charge in [-0.15, -0.1) is 0 Å². The number of nitrogens with one attached hydrogen (secondary N) is 1. The Morgan fingerprint density at radius 3 is 1.91 bits per heavy atom. The van der Waals surface area contributed by atoms with Crippen LogP contribution in [0.15, 0.2) is 78.9 Å². The number of benzene rings is 3. The molecule has 4 N–H and O–H groups in total. The summed E-state index contributed by atoms with van der Waals surface area (Å²) in [5.41, 5.74) is 3.71. The Morgan fingerprint density at radius 1 is 0.870 bits per heavy atom. The molecule has 3 atom stereocenters. The van der Waals surface area contributed by atoms with Gasteiger partial charge in [0.25, 0.3) is 5.91 Å². The van der Waals surface area contributed by atoms with E-state index >= 15 is 0 Å². The minimum Gasteiger partial charge on any atom is -0.497 e. The van der Waals surface area contributed by atoms with Crippen LogP contribution in [0.4, 0.5) is 8.78 Å². The second-order valence-corrected chi connectivity index (χ2v) is 11.3. The summed E-state index contributed by atoms with van der Waals surface area (Å²) >= 11 is 0. The van der Waals surface area contributed by atoms with Gasteiger partial charge in [-0.3, -0.25) is 9.59 Å². The van der Waals surface area contributed by atoms with Crippen molar-refractivity contribution < 1.29 is 38.4 Å². The second kappa shape index (κ2) is 15.0.